The van der Waals surface area contributed by atoms with Crippen molar-refractivity contribution < 1.29 is 0 Å². The molecule has 0 saturated heterocycles. The molecule has 0 aromatic heterocycles. The van der Waals surface area contributed by atoms with Crippen LogP contribution in [0.5, 0.6) is 0 Å². The Hall–Kier alpha value is -0.780. The Morgan fingerprint density at radius 2 is 1.95 bits per heavy atom. The van der Waals surface area contributed by atoms with Crippen LogP contribution in [0.1, 0.15) is 52.4 Å². The second-order valence-corrected chi connectivity index (χ2v) is 7.81. The lowest BCUT2D eigenvalue weighted by atomic mass is 9.49. The highest BCUT2D eigenvalue weighted by molar-refractivity contribution is 5.34. The summed E-state index contributed by atoms with van der Waals surface area (Å²) in [6.07, 6.45) is 20.6. The first-order valence-corrected chi connectivity index (χ1v) is 8.18. The Bertz CT molecular complexity index is 480. The Kier molecular flexibility index (Phi) is 2.44. The summed E-state index contributed by atoms with van der Waals surface area (Å²) < 4.78 is 0. The summed E-state index contributed by atoms with van der Waals surface area (Å²) in [5, 5.41) is 0. The zero-order valence-electron chi connectivity index (χ0n) is 12.4. The van der Waals surface area contributed by atoms with E-state index >= 15 is 0 Å². The first-order chi connectivity index (χ1) is 9.13. The van der Waals surface area contributed by atoms with Gasteiger partial charge in [-0.2, -0.15) is 0 Å². The number of hydrogen-bond acceptors (Lipinski definition) is 0. The molecule has 0 heteroatoms. The van der Waals surface area contributed by atoms with Gasteiger partial charge < -0.3 is 0 Å². The number of rotatable bonds is 0. The topological polar surface area (TPSA) is 0 Å². The Balaban J connectivity index is 1.73. The molecule has 0 spiro atoms. The molecule has 4 aliphatic rings. The van der Waals surface area contributed by atoms with Crippen LogP contribution in [0, 0.1) is 28.6 Å². The van der Waals surface area contributed by atoms with Gasteiger partial charge in [0.1, 0.15) is 0 Å². The van der Waals surface area contributed by atoms with E-state index in [1.54, 1.807) is 5.57 Å². The normalized spacial score (nSPS) is 51.3. The van der Waals surface area contributed by atoms with Gasteiger partial charge in [0.25, 0.3) is 0 Å². The largest absolute Gasteiger partial charge is 0.0877 e. The average Bonchev–Trinajstić information content (AvgIpc) is 2.79. The second-order valence-electron chi connectivity index (χ2n) is 7.81. The summed E-state index contributed by atoms with van der Waals surface area (Å²) in [4.78, 5) is 0. The number of hydrogen-bond donors (Lipinski definition) is 0. The summed E-state index contributed by atoms with van der Waals surface area (Å²) in [6, 6.07) is 0. The van der Waals surface area contributed by atoms with Gasteiger partial charge >= 0.3 is 0 Å². The van der Waals surface area contributed by atoms with Crippen molar-refractivity contribution in [3.63, 3.8) is 0 Å². The van der Waals surface area contributed by atoms with Crippen molar-refractivity contribution in [3.05, 3.63) is 36.0 Å². The summed E-state index contributed by atoms with van der Waals surface area (Å²) >= 11 is 0. The molecule has 102 valence electrons. The predicted octanol–water partition coefficient (Wildman–Crippen LogP) is 5.28. The van der Waals surface area contributed by atoms with Crippen LogP contribution < -0.4 is 0 Å². The Morgan fingerprint density at radius 3 is 2.84 bits per heavy atom. The molecule has 0 heterocycles. The standard InChI is InChI=1S/C19H26/c1-18-11-5-7-16(18)15-9-8-14-6-3-4-12-19(14,2)17(15)10-13-18/h3,5-6,8,11,15-17H,4,7,9-10,12-13H2,1-2H3/t15?,16?,17?,18-,19-/m0/s1. The van der Waals surface area contributed by atoms with E-state index in [2.05, 4.69) is 44.2 Å². The van der Waals surface area contributed by atoms with Gasteiger partial charge in [-0.25, -0.2) is 0 Å². The van der Waals surface area contributed by atoms with Crippen LogP contribution >= 0.6 is 0 Å². The number of fused-ring (bicyclic) bond motifs is 5. The molecule has 5 atom stereocenters. The van der Waals surface area contributed by atoms with Crippen molar-refractivity contribution in [1.82, 2.24) is 0 Å². The molecule has 0 aromatic carbocycles. The molecular weight excluding hydrogens is 228 g/mol. The molecule has 0 bridgehead atoms. The zero-order valence-corrected chi connectivity index (χ0v) is 12.4. The number of allylic oxidation sites excluding steroid dienone is 6. The maximum Gasteiger partial charge on any atom is -0.00445 e. The lowest BCUT2D eigenvalue weighted by Crippen LogP contribution is -2.47. The van der Waals surface area contributed by atoms with Crippen LogP contribution in [-0.2, 0) is 0 Å². The molecule has 0 N–H and O–H groups in total. The third-order valence-corrected chi connectivity index (χ3v) is 6.98. The first-order valence-electron chi connectivity index (χ1n) is 8.18. The minimum absolute atomic E-state index is 0.488. The van der Waals surface area contributed by atoms with E-state index in [1.807, 2.05) is 0 Å². The van der Waals surface area contributed by atoms with Gasteiger partial charge in [0.15, 0.2) is 0 Å². The first kappa shape index (κ1) is 12.0. The fourth-order valence-electron chi connectivity index (χ4n) is 5.78. The zero-order chi connectivity index (χ0) is 13.1. The van der Waals surface area contributed by atoms with Gasteiger partial charge in [0, 0.05) is 0 Å². The van der Waals surface area contributed by atoms with Crippen molar-refractivity contribution in [2.45, 2.75) is 52.4 Å². The summed E-state index contributed by atoms with van der Waals surface area (Å²) in [5.74, 6) is 2.80. The van der Waals surface area contributed by atoms with Crippen molar-refractivity contribution in [3.8, 4) is 0 Å². The van der Waals surface area contributed by atoms with Crippen LogP contribution in [0.4, 0.5) is 0 Å². The fraction of sp³-hybridized carbons (Fsp3) is 0.684. The van der Waals surface area contributed by atoms with Gasteiger partial charge in [-0.3, -0.25) is 0 Å². The van der Waals surface area contributed by atoms with Crippen molar-refractivity contribution in [2.24, 2.45) is 28.6 Å². The van der Waals surface area contributed by atoms with E-state index < -0.39 is 0 Å². The molecule has 4 aliphatic carbocycles. The minimum atomic E-state index is 0.488. The van der Waals surface area contributed by atoms with Crippen LogP contribution in [-0.4, -0.2) is 0 Å². The fourth-order valence-corrected chi connectivity index (χ4v) is 5.78. The SMILES string of the molecule is C[C@@]12C=CCC1C1CC=C3C=CCC[C@]3(C)C1CC2. The third-order valence-electron chi connectivity index (χ3n) is 6.98. The van der Waals surface area contributed by atoms with E-state index in [-0.39, 0.29) is 0 Å². The van der Waals surface area contributed by atoms with Crippen LogP contribution in [0.15, 0.2) is 36.0 Å². The third kappa shape index (κ3) is 1.52. The maximum atomic E-state index is 2.58. The van der Waals surface area contributed by atoms with Gasteiger partial charge in [0.2, 0.25) is 0 Å². The summed E-state index contributed by atoms with van der Waals surface area (Å²) in [5.41, 5.74) is 2.67. The van der Waals surface area contributed by atoms with Gasteiger partial charge in [-0.05, 0) is 72.7 Å². The monoisotopic (exact) mass is 254 g/mol. The average molecular weight is 254 g/mol. The Labute approximate surface area is 117 Å². The van der Waals surface area contributed by atoms with Crippen molar-refractivity contribution >= 4 is 0 Å². The molecule has 4 rings (SSSR count). The molecule has 1 saturated carbocycles. The second kappa shape index (κ2) is 3.87. The molecule has 3 unspecified atom stereocenters. The van der Waals surface area contributed by atoms with E-state index in [1.165, 1.54) is 38.5 Å². The van der Waals surface area contributed by atoms with E-state index in [9.17, 15) is 0 Å². The smallest absolute Gasteiger partial charge is 0.00445 e. The molecule has 19 heavy (non-hydrogen) atoms. The Morgan fingerprint density at radius 1 is 1.05 bits per heavy atom. The predicted molar refractivity (Wildman–Crippen MR) is 80.7 cm³/mol. The molecule has 0 amide bonds. The molecule has 0 aromatic rings. The summed E-state index contributed by atoms with van der Waals surface area (Å²) in [7, 11) is 0. The minimum Gasteiger partial charge on any atom is -0.0877 e. The van der Waals surface area contributed by atoms with Crippen LogP contribution in [0.3, 0.4) is 0 Å². The van der Waals surface area contributed by atoms with Crippen molar-refractivity contribution in [2.75, 3.05) is 0 Å². The molecule has 0 nitrogen and oxygen atoms in total. The van der Waals surface area contributed by atoms with Crippen LogP contribution in [0.25, 0.3) is 0 Å². The van der Waals surface area contributed by atoms with E-state index in [0.717, 1.165) is 17.8 Å². The highest BCUT2D eigenvalue weighted by Gasteiger charge is 2.53. The van der Waals surface area contributed by atoms with Gasteiger partial charge in [-0.15, -0.1) is 0 Å². The van der Waals surface area contributed by atoms with Crippen LogP contribution in [0.2, 0.25) is 0 Å². The van der Waals surface area contributed by atoms with E-state index in [0.29, 0.717) is 10.8 Å². The van der Waals surface area contributed by atoms with Gasteiger partial charge in [0.05, 0.1) is 0 Å². The lowest BCUT2D eigenvalue weighted by Gasteiger charge is -2.55. The highest BCUT2D eigenvalue weighted by Crippen LogP contribution is 2.62. The quantitative estimate of drug-likeness (QED) is 0.516. The molecule has 1 fully saturated rings. The van der Waals surface area contributed by atoms with Gasteiger partial charge in [-0.1, -0.05) is 44.2 Å². The van der Waals surface area contributed by atoms with E-state index in [4.69, 9.17) is 0 Å². The maximum absolute atomic E-state index is 2.58. The van der Waals surface area contributed by atoms with Crippen molar-refractivity contribution in [1.29, 1.82) is 0 Å². The molecule has 0 radical (unpaired) electrons. The summed E-state index contributed by atoms with van der Waals surface area (Å²) in [6.45, 7) is 5.07. The molecular formula is C19H26. The lowest BCUT2D eigenvalue weighted by molar-refractivity contribution is -0.00509. The molecule has 0 aliphatic heterocycles. The highest BCUT2D eigenvalue weighted by atomic mass is 14.6.